The van der Waals surface area contributed by atoms with Crippen LogP contribution in [0.25, 0.3) is 5.76 Å². The van der Waals surface area contributed by atoms with Crippen LogP contribution in [-0.2, 0) is 21.8 Å². The number of carbonyl (C=O) groups excluding carboxylic acids is 2. The van der Waals surface area contributed by atoms with E-state index in [4.69, 9.17) is 9.47 Å². The molecule has 1 N–H and O–H groups in total. The van der Waals surface area contributed by atoms with E-state index in [0.29, 0.717) is 40.0 Å². The van der Waals surface area contributed by atoms with Crippen LogP contribution in [0.4, 0.5) is 5.13 Å². The van der Waals surface area contributed by atoms with Crippen molar-refractivity contribution < 1.29 is 24.2 Å². The summed E-state index contributed by atoms with van der Waals surface area (Å²) in [5, 5.41) is 20.4. The minimum absolute atomic E-state index is 0.000220. The fourth-order valence-corrected chi connectivity index (χ4v) is 6.88. The summed E-state index contributed by atoms with van der Waals surface area (Å²) in [6.07, 6.45) is 0.726. The number of carbonyl (C=O) groups is 2. The largest absolute Gasteiger partial charge is 0.507 e. The van der Waals surface area contributed by atoms with E-state index in [-0.39, 0.29) is 22.6 Å². The van der Waals surface area contributed by atoms with Crippen molar-refractivity contribution in [1.29, 1.82) is 0 Å². The number of aliphatic hydroxyl groups is 1. The van der Waals surface area contributed by atoms with Gasteiger partial charge in [-0.15, -0.1) is 10.2 Å². The molecule has 41 heavy (non-hydrogen) atoms. The van der Waals surface area contributed by atoms with Crippen LogP contribution < -0.4 is 14.4 Å². The van der Waals surface area contributed by atoms with Crippen molar-refractivity contribution in [3.8, 4) is 11.5 Å². The Morgan fingerprint density at radius 3 is 2.63 bits per heavy atom. The van der Waals surface area contributed by atoms with Crippen LogP contribution in [0.5, 0.6) is 11.5 Å². The lowest BCUT2D eigenvalue weighted by Crippen LogP contribution is -2.29. The van der Waals surface area contributed by atoms with Gasteiger partial charge < -0.3 is 14.6 Å². The van der Waals surface area contributed by atoms with Gasteiger partial charge in [-0.2, -0.15) is 0 Å². The molecule has 3 heterocycles. The Kier molecular flexibility index (Phi) is 7.51. The summed E-state index contributed by atoms with van der Waals surface area (Å²) in [5.74, 6) is 0.329. The molecule has 0 spiro atoms. The van der Waals surface area contributed by atoms with Gasteiger partial charge in [-0.1, -0.05) is 65.6 Å². The number of thioether (sulfide) groups is 1. The minimum Gasteiger partial charge on any atom is -0.507 e. The Hall–Kier alpha value is -4.15. The highest BCUT2D eigenvalue weighted by Gasteiger charge is 2.48. The molecule has 1 fully saturated rings. The molecule has 8 nitrogen and oxygen atoms in total. The molecule has 1 aromatic heterocycles. The van der Waals surface area contributed by atoms with E-state index >= 15 is 0 Å². The molecule has 0 aliphatic carbocycles. The maximum absolute atomic E-state index is 13.6. The number of nitrogens with zero attached hydrogens (tertiary/aromatic N) is 3. The molecule has 0 radical (unpaired) electrons. The van der Waals surface area contributed by atoms with Crippen LogP contribution in [0, 0.1) is 0 Å². The second-order valence-corrected chi connectivity index (χ2v) is 11.9. The third-order valence-corrected chi connectivity index (χ3v) is 9.05. The SMILES string of the molecule is CCOc1ccc(C2/C(=C(\O)c3ccc4c(c3)CC(C)O4)C(=O)C(=O)N2c2nnc(SCc3ccccc3)s2)cc1. The first-order valence-corrected chi connectivity index (χ1v) is 15.1. The summed E-state index contributed by atoms with van der Waals surface area (Å²) >= 11 is 2.75. The van der Waals surface area contributed by atoms with Gasteiger partial charge in [0.25, 0.3) is 5.78 Å². The second kappa shape index (κ2) is 11.4. The van der Waals surface area contributed by atoms with Gasteiger partial charge in [-0.25, -0.2) is 0 Å². The number of ketones is 1. The molecule has 0 bridgehead atoms. The highest BCUT2D eigenvalue weighted by atomic mass is 32.2. The summed E-state index contributed by atoms with van der Waals surface area (Å²) in [7, 11) is 0. The minimum atomic E-state index is -0.894. The molecule has 2 unspecified atom stereocenters. The number of amides is 1. The molecule has 208 valence electrons. The summed E-state index contributed by atoms with van der Waals surface area (Å²) in [4.78, 5) is 28.4. The van der Waals surface area contributed by atoms with Crippen molar-refractivity contribution >= 4 is 45.7 Å². The van der Waals surface area contributed by atoms with Crippen molar-refractivity contribution in [2.75, 3.05) is 11.5 Å². The highest BCUT2D eigenvalue weighted by molar-refractivity contribution is 8.00. The van der Waals surface area contributed by atoms with Crippen LogP contribution in [0.3, 0.4) is 0 Å². The van der Waals surface area contributed by atoms with Gasteiger partial charge in [0.15, 0.2) is 4.34 Å². The van der Waals surface area contributed by atoms with Crippen LogP contribution in [0.2, 0.25) is 0 Å². The number of aliphatic hydroxyl groups excluding tert-OH is 1. The maximum atomic E-state index is 13.6. The standard InChI is InChI=1S/C31H27N3O5S2/c1-3-38-23-12-9-20(10-13-23)26-25(27(35)21-11-14-24-22(16-21)15-18(2)39-24)28(36)29(37)34(26)30-32-33-31(41-30)40-17-19-7-5-4-6-8-19/h4-14,16,18,26,35H,3,15,17H2,1-2H3/b27-25+. The van der Waals surface area contributed by atoms with E-state index < -0.39 is 17.7 Å². The van der Waals surface area contributed by atoms with Gasteiger partial charge in [0, 0.05) is 17.7 Å². The monoisotopic (exact) mass is 585 g/mol. The highest BCUT2D eigenvalue weighted by Crippen LogP contribution is 2.45. The molecule has 4 aromatic rings. The Bertz CT molecular complexity index is 1640. The summed E-state index contributed by atoms with van der Waals surface area (Å²) < 4.78 is 12.1. The third-order valence-electron chi connectivity index (χ3n) is 6.93. The molecule has 10 heteroatoms. The quantitative estimate of drug-likeness (QED) is 0.0860. The molecule has 2 atom stereocenters. The zero-order valence-corrected chi connectivity index (χ0v) is 24.1. The van der Waals surface area contributed by atoms with Crippen molar-refractivity contribution in [3.05, 3.63) is 101 Å². The summed E-state index contributed by atoms with van der Waals surface area (Å²) in [6.45, 7) is 4.38. The number of fused-ring (bicyclic) bond motifs is 1. The fourth-order valence-electron chi connectivity index (χ4n) is 5.06. The average Bonchev–Trinajstić information content (AvgIpc) is 3.67. The van der Waals surface area contributed by atoms with E-state index in [9.17, 15) is 14.7 Å². The van der Waals surface area contributed by atoms with Gasteiger partial charge in [0.1, 0.15) is 23.4 Å². The topological polar surface area (TPSA) is 102 Å². The Balaban J connectivity index is 1.39. The number of ether oxygens (including phenoxy) is 2. The number of benzene rings is 3. The molecule has 2 aliphatic rings. The number of rotatable bonds is 8. The predicted molar refractivity (Wildman–Crippen MR) is 159 cm³/mol. The molecule has 3 aromatic carbocycles. The van der Waals surface area contributed by atoms with E-state index in [1.807, 2.05) is 50.2 Å². The molecule has 2 aliphatic heterocycles. The fraction of sp³-hybridized carbons (Fsp3) is 0.226. The lowest BCUT2D eigenvalue weighted by molar-refractivity contribution is -0.132. The number of hydrogen-bond donors (Lipinski definition) is 1. The van der Waals surface area contributed by atoms with E-state index in [1.165, 1.54) is 28.0 Å². The van der Waals surface area contributed by atoms with Crippen LogP contribution >= 0.6 is 23.1 Å². The van der Waals surface area contributed by atoms with E-state index in [2.05, 4.69) is 10.2 Å². The number of aromatic nitrogens is 2. The van der Waals surface area contributed by atoms with Crippen LogP contribution in [-0.4, -0.2) is 39.7 Å². The normalized spacial score (nSPS) is 19.3. The second-order valence-electron chi connectivity index (χ2n) is 9.75. The van der Waals surface area contributed by atoms with E-state index in [0.717, 1.165) is 16.9 Å². The smallest absolute Gasteiger partial charge is 0.301 e. The first kappa shape index (κ1) is 27.0. The first-order chi connectivity index (χ1) is 19.9. The lowest BCUT2D eigenvalue weighted by Gasteiger charge is -2.22. The summed E-state index contributed by atoms with van der Waals surface area (Å²) in [5.41, 5.74) is 3.17. The van der Waals surface area contributed by atoms with Crippen molar-refractivity contribution in [2.45, 2.75) is 42.5 Å². The molecule has 0 saturated carbocycles. The first-order valence-electron chi connectivity index (χ1n) is 13.3. The van der Waals surface area contributed by atoms with Crippen LogP contribution in [0.1, 0.15) is 42.1 Å². The lowest BCUT2D eigenvalue weighted by atomic mass is 9.94. The molecular formula is C31H27N3O5S2. The van der Waals surface area contributed by atoms with E-state index in [1.54, 1.807) is 36.4 Å². The van der Waals surface area contributed by atoms with Crippen molar-refractivity contribution in [1.82, 2.24) is 10.2 Å². The Morgan fingerprint density at radius 1 is 1.10 bits per heavy atom. The van der Waals surface area contributed by atoms with Gasteiger partial charge in [0.05, 0.1) is 18.2 Å². The average molecular weight is 586 g/mol. The number of Topliss-reactive ketones (excluding diaryl/α,β-unsaturated/α-hetero) is 1. The maximum Gasteiger partial charge on any atom is 0.301 e. The van der Waals surface area contributed by atoms with Gasteiger partial charge in [-0.3, -0.25) is 14.5 Å². The molecule has 1 amide bonds. The number of anilines is 1. The predicted octanol–water partition coefficient (Wildman–Crippen LogP) is 6.18. The summed E-state index contributed by atoms with van der Waals surface area (Å²) in [6, 6.07) is 21.6. The van der Waals surface area contributed by atoms with Crippen LogP contribution in [0.15, 0.2) is 82.7 Å². The molecular weight excluding hydrogens is 558 g/mol. The van der Waals surface area contributed by atoms with Gasteiger partial charge >= 0.3 is 5.91 Å². The number of hydrogen-bond acceptors (Lipinski definition) is 9. The molecule has 6 rings (SSSR count). The van der Waals surface area contributed by atoms with Crippen molar-refractivity contribution in [2.24, 2.45) is 0 Å². The van der Waals surface area contributed by atoms with Gasteiger partial charge in [-0.05, 0) is 60.9 Å². The molecule has 1 saturated heterocycles. The Morgan fingerprint density at radius 2 is 1.88 bits per heavy atom. The van der Waals surface area contributed by atoms with Crippen molar-refractivity contribution in [3.63, 3.8) is 0 Å². The Labute approximate surface area is 245 Å². The third kappa shape index (κ3) is 5.32. The van der Waals surface area contributed by atoms with Gasteiger partial charge in [0.2, 0.25) is 5.13 Å². The zero-order chi connectivity index (χ0) is 28.5. The zero-order valence-electron chi connectivity index (χ0n) is 22.4.